The topological polar surface area (TPSA) is 104 Å². The molecule has 2 fully saturated rings. The molecule has 0 aliphatic heterocycles. The minimum atomic E-state index is -0.741. The quantitative estimate of drug-likeness (QED) is 0.788. The molecule has 0 bridgehead atoms. The molecule has 0 spiro atoms. The van der Waals surface area contributed by atoms with Crippen molar-refractivity contribution < 1.29 is 19.1 Å². The third kappa shape index (κ3) is 3.60. The maximum Gasteiger partial charge on any atom is 0.319 e. The summed E-state index contributed by atoms with van der Waals surface area (Å²) in [6, 6.07) is 5.18. The van der Waals surface area contributed by atoms with Gasteiger partial charge in [-0.25, -0.2) is 9.78 Å². The van der Waals surface area contributed by atoms with Crippen LogP contribution in [0.4, 0.5) is 10.5 Å². The fraction of sp³-hybridized carbons (Fsp3) is 0.500. The minimum Gasteiger partial charge on any atom is -0.481 e. The summed E-state index contributed by atoms with van der Waals surface area (Å²) in [5.41, 5.74) is 2.15. The molecule has 0 saturated heterocycles. The molecule has 2 aromatic rings. The van der Waals surface area contributed by atoms with Gasteiger partial charge in [-0.3, -0.25) is 4.79 Å². The van der Waals surface area contributed by atoms with Crippen LogP contribution in [0.5, 0.6) is 0 Å². The molecule has 1 aromatic heterocycles. The number of oxazole rings is 1. The van der Waals surface area contributed by atoms with Crippen LogP contribution >= 0.6 is 0 Å². The number of rotatable bonds is 4. The zero-order valence-corrected chi connectivity index (χ0v) is 13.8. The number of nitrogens with zero attached hydrogens (tertiary/aromatic N) is 1. The number of anilines is 1. The molecule has 2 saturated carbocycles. The van der Waals surface area contributed by atoms with Crippen molar-refractivity contribution >= 4 is 28.8 Å². The van der Waals surface area contributed by atoms with Gasteiger partial charge in [-0.2, -0.15) is 0 Å². The molecule has 2 aliphatic rings. The lowest BCUT2D eigenvalue weighted by Gasteiger charge is -2.26. The van der Waals surface area contributed by atoms with Crippen LogP contribution in [0.1, 0.15) is 50.3 Å². The Hall–Kier alpha value is -2.57. The molecule has 4 rings (SSSR count). The predicted molar refractivity (Wildman–Crippen MR) is 91.5 cm³/mol. The molecular weight excluding hydrogens is 322 g/mol. The first-order chi connectivity index (χ1) is 12.1. The molecule has 3 N–H and O–H groups in total. The Morgan fingerprint density at radius 1 is 1.12 bits per heavy atom. The highest BCUT2D eigenvalue weighted by atomic mass is 16.4. The van der Waals surface area contributed by atoms with Crippen LogP contribution in [0.25, 0.3) is 11.1 Å². The SMILES string of the molecule is O=C(Nc1ccc2oc(C3CC3)nc2c1)NC1CCC(C(=O)O)CC1. The number of urea groups is 1. The van der Waals surface area contributed by atoms with Crippen LogP contribution in [-0.2, 0) is 4.79 Å². The van der Waals surface area contributed by atoms with Gasteiger partial charge in [0.05, 0.1) is 5.92 Å². The van der Waals surface area contributed by atoms with Crippen molar-refractivity contribution in [3.8, 4) is 0 Å². The number of carboxylic acids is 1. The second kappa shape index (κ2) is 6.38. The number of aromatic nitrogens is 1. The van der Waals surface area contributed by atoms with Crippen LogP contribution in [0.3, 0.4) is 0 Å². The van der Waals surface area contributed by atoms with Gasteiger partial charge in [-0.15, -0.1) is 0 Å². The highest BCUT2D eigenvalue weighted by Crippen LogP contribution is 2.40. The van der Waals surface area contributed by atoms with E-state index in [2.05, 4.69) is 15.6 Å². The van der Waals surface area contributed by atoms with E-state index in [1.54, 1.807) is 6.07 Å². The number of hydrogen-bond acceptors (Lipinski definition) is 4. The molecule has 2 amide bonds. The maximum atomic E-state index is 12.2. The molecule has 0 radical (unpaired) electrons. The van der Waals surface area contributed by atoms with Gasteiger partial charge in [0.15, 0.2) is 11.5 Å². The Morgan fingerprint density at radius 2 is 1.88 bits per heavy atom. The number of carbonyl (C=O) groups is 2. The second-order valence-electron chi connectivity index (χ2n) is 6.99. The molecule has 7 nitrogen and oxygen atoms in total. The lowest BCUT2D eigenvalue weighted by molar-refractivity contribution is -0.142. The molecule has 1 heterocycles. The number of hydrogen-bond donors (Lipinski definition) is 3. The monoisotopic (exact) mass is 343 g/mol. The predicted octanol–water partition coefficient (Wildman–Crippen LogP) is 3.47. The fourth-order valence-electron chi connectivity index (χ4n) is 3.37. The summed E-state index contributed by atoms with van der Waals surface area (Å²) < 4.78 is 5.72. The molecule has 1 aromatic carbocycles. The molecule has 0 atom stereocenters. The largest absolute Gasteiger partial charge is 0.481 e. The Balaban J connectivity index is 1.34. The summed E-state index contributed by atoms with van der Waals surface area (Å²) >= 11 is 0. The van der Waals surface area contributed by atoms with Crippen molar-refractivity contribution in [2.75, 3.05) is 5.32 Å². The zero-order valence-electron chi connectivity index (χ0n) is 13.8. The average molecular weight is 343 g/mol. The van der Waals surface area contributed by atoms with Gasteiger partial charge in [-0.05, 0) is 56.7 Å². The van der Waals surface area contributed by atoms with Crippen LogP contribution in [-0.4, -0.2) is 28.1 Å². The van der Waals surface area contributed by atoms with E-state index in [4.69, 9.17) is 9.52 Å². The third-order valence-corrected chi connectivity index (χ3v) is 5.00. The summed E-state index contributed by atoms with van der Waals surface area (Å²) in [6.07, 6.45) is 4.86. The lowest BCUT2D eigenvalue weighted by Crippen LogP contribution is -2.40. The van der Waals surface area contributed by atoms with Gasteiger partial charge in [-0.1, -0.05) is 0 Å². The molecule has 25 heavy (non-hydrogen) atoms. The van der Waals surface area contributed by atoms with E-state index in [1.807, 2.05) is 12.1 Å². The zero-order chi connectivity index (χ0) is 17.4. The van der Waals surface area contributed by atoms with Gasteiger partial charge in [0.2, 0.25) is 0 Å². The summed E-state index contributed by atoms with van der Waals surface area (Å²) in [4.78, 5) is 27.6. The highest BCUT2D eigenvalue weighted by molar-refractivity contribution is 5.91. The summed E-state index contributed by atoms with van der Waals surface area (Å²) in [5.74, 6) is 0.213. The maximum absolute atomic E-state index is 12.2. The first kappa shape index (κ1) is 15.9. The Morgan fingerprint density at radius 3 is 2.56 bits per heavy atom. The Labute approximate surface area is 144 Å². The minimum absolute atomic E-state index is 0.0212. The fourth-order valence-corrected chi connectivity index (χ4v) is 3.37. The van der Waals surface area contributed by atoms with E-state index in [-0.39, 0.29) is 18.0 Å². The first-order valence-electron chi connectivity index (χ1n) is 8.79. The number of amides is 2. The number of carboxylic acid groups (broad SMARTS) is 1. The normalized spacial score (nSPS) is 23.4. The summed E-state index contributed by atoms with van der Waals surface area (Å²) in [5, 5.41) is 14.8. The lowest BCUT2D eigenvalue weighted by atomic mass is 9.86. The first-order valence-corrected chi connectivity index (χ1v) is 8.79. The van der Waals surface area contributed by atoms with Crippen molar-refractivity contribution in [3.63, 3.8) is 0 Å². The van der Waals surface area contributed by atoms with Crippen molar-refractivity contribution in [2.45, 2.75) is 50.5 Å². The molecule has 132 valence electrons. The van der Waals surface area contributed by atoms with E-state index in [9.17, 15) is 9.59 Å². The molecule has 7 heteroatoms. The van der Waals surface area contributed by atoms with E-state index >= 15 is 0 Å². The number of fused-ring (bicyclic) bond motifs is 1. The molecular formula is C18H21N3O4. The highest BCUT2D eigenvalue weighted by Gasteiger charge is 2.29. The van der Waals surface area contributed by atoms with Crippen molar-refractivity contribution in [3.05, 3.63) is 24.1 Å². The second-order valence-corrected chi connectivity index (χ2v) is 6.99. The van der Waals surface area contributed by atoms with Crippen molar-refractivity contribution in [1.29, 1.82) is 0 Å². The molecule has 0 unspecified atom stereocenters. The number of aliphatic carboxylic acids is 1. The number of nitrogens with one attached hydrogen (secondary N) is 2. The Bertz CT molecular complexity index is 804. The summed E-state index contributed by atoms with van der Waals surface area (Å²) in [6.45, 7) is 0. The number of carbonyl (C=O) groups excluding carboxylic acids is 1. The van der Waals surface area contributed by atoms with Crippen LogP contribution in [0, 0.1) is 5.92 Å². The van der Waals surface area contributed by atoms with E-state index in [1.165, 1.54) is 0 Å². The number of benzene rings is 1. The van der Waals surface area contributed by atoms with Gasteiger partial charge >= 0.3 is 12.0 Å². The third-order valence-electron chi connectivity index (χ3n) is 5.00. The van der Waals surface area contributed by atoms with E-state index in [0.717, 1.165) is 29.8 Å². The Kier molecular flexibility index (Phi) is 4.07. The van der Waals surface area contributed by atoms with Gasteiger partial charge in [0.1, 0.15) is 5.52 Å². The molecule has 2 aliphatic carbocycles. The van der Waals surface area contributed by atoms with E-state index < -0.39 is 5.97 Å². The van der Waals surface area contributed by atoms with Crippen LogP contribution < -0.4 is 10.6 Å². The standard InChI is InChI=1S/C18H21N3O4/c22-17(23)11-3-5-12(6-4-11)19-18(24)20-13-7-8-15-14(9-13)21-16(25-15)10-1-2-10/h7-12H,1-6H2,(H,22,23)(H2,19,20,24). The van der Waals surface area contributed by atoms with Crippen molar-refractivity contribution in [1.82, 2.24) is 10.3 Å². The average Bonchev–Trinajstić information content (AvgIpc) is 3.35. The summed E-state index contributed by atoms with van der Waals surface area (Å²) in [7, 11) is 0. The van der Waals surface area contributed by atoms with Gasteiger partial charge < -0.3 is 20.2 Å². The smallest absolute Gasteiger partial charge is 0.319 e. The van der Waals surface area contributed by atoms with Gasteiger partial charge in [0.25, 0.3) is 0 Å². The van der Waals surface area contributed by atoms with Crippen LogP contribution in [0.2, 0.25) is 0 Å². The van der Waals surface area contributed by atoms with E-state index in [0.29, 0.717) is 37.3 Å². The van der Waals surface area contributed by atoms with Crippen molar-refractivity contribution in [2.24, 2.45) is 5.92 Å². The van der Waals surface area contributed by atoms with Gasteiger partial charge in [0, 0.05) is 17.6 Å². The van der Waals surface area contributed by atoms with Crippen LogP contribution in [0.15, 0.2) is 22.6 Å².